The molecule has 0 aliphatic carbocycles. The number of carbonyl (C=O) groups excluding carboxylic acids is 2. The van der Waals surface area contributed by atoms with Crippen molar-refractivity contribution in [3.8, 4) is 0 Å². The van der Waals surface area contributed by atoms with Gasteiger partial charge in [0.25, 0.3) is 11.8 Å². The van der Waals surface area contributed by atoms with E-state index in [-0.39, 0.29) is 11.8 Å². The van der Waals surface area contributed by atoms with E-state index in [0.717, 1.165) is 11.1 Å². The summed E-state index contributed by atoms with van der Waals surface area (Å²) < 4.78 is 0. The lowest BCUT2D eigenvalue weighted by Gasteiger charge is -2.37. The van der Waals surface area contributed by atoms with Crippen molar-refractivity contribution in [3.05, 3.63) is 69.7 Å². The van der Waals surface area contributed by atoms with Gasteiger partial charge < -0.3 is 10.2 Å². The van der Waals surface area contributed by atoms with Crippen LogP contribution in [0.25, 0.3) is 0 Å². The fraction of sp³-hybridized carbons (Fsp3) is 0.318. The topological polar surface area (TPSA) is 61.8 Å². The van der Waals surface area contributed by atoms with Crippen LogP contribution >= 0.6 is 11.6 Å². The first-order valence-corrected chi connectivity index (χ1v) is 9.79. The third kappa shape index (κ3) is 3.42. The quantitative estimate of drug-likeness (QED) is 0.845. The molecule has 0 bridgehead atoms. The molecule has 2 aliphatic rings. The second kappa shape index (κ2) is 7.06. The minimum atomic E-state index is -0.630. The van der Waals surface area contributed by atoms with Crippen molar-refractivity contribution in [2.75, 3.05) is 13.1 Å². The molecule has 2 heterocycles. The molecule has 0 radical (unpaired) electrons. The standard InChI is InChI=1S/C22H22ClN3O2/c1-14-6-7-17(12-15(14)2)21(28)26-10-8-22(9-11-26)24-19(20(27)25-22)16-4-3-5-18(23)13-16/h3-7,12-13H,8-11H2,1-2H3,(H,25,27). The summed E-state index contributed by atoms with van der Waals surface area (Å²) in [6.07, 6.45) is 1.19. The van der Waals surface area contributed by atoms with Gasteiger partial charge in [-0.25, -0.2) is 0 Å². The van der Waals surface area contributed by atoms with Gasteiger partial charge in [-0.1, -0.05) is 29.8 Å². The average Bonchev–Trinajstić information content (AvgIpc) is 3.00. The number of carbonyl (C=O) groups is 2. The largest absolute Gasteiger partial charge is 0.338 e. The van der Waals surface area contributed by atoms with Crippen LogP contribution in [0.1, 0.15) is 39.9 Å². The van der Waals surface area contributed by atoms with E-state index >= 15 is 0 Å². The lowest BCUT2D eigenvalue weighted by atomic mass is 9.97. The Labute approximate surface area is 169 Å². The average molecular weight is 396 g/mol. The number of aryl methyl sites for hydroxylation is 2. The number of amides is 2. The van der Waals surface area contributed by atoms with Crippen LogP contribution in [-0.4, -0.2) is 41.2 Å². The summed E-state index contributed by atoms with van der Waals surface area (Å²) in [4.78, 5) is 31.9. The first kappa shape index (κ1) is 18.7. The molecule has 2 amide bonds. The van der Waals surface area contributed by atoms with Crippen LogP contribution in [0.15, 0.2) is 47.5 Å². The molecule has 1 spiro atoms. The molecular formula is C22H22ClN3O2. The first-order chi connectivity index (χ1) is 13.4. The van der Waals surface area contributed by atoms with Gasteiger partial charge in [0.2, 0.25) is 0 Å². The van der Waals surface area contributed by atoms with Gasteiger partial charge >= 0.3 is 0 Å². The summed E-state index contributed by atoms with van der Waals surface area (Å²) in [5.41, 5.74) is 3.49. The number of halogens is 1. The third-order valence-electron chi connectivity index (χ3n) is 5.62. The van der Waals surface area contributed by atoms with Crippen molar-refractivity contribution in [2.45, 2.75) is 32.4 Å². The van der Waals surface area contributed by atoms with Crippen molar-refractivity contribution >= 4 is 29.1 Å². The maximum absolute atomic E-state index is 12.8. The van der Waals surface area contributed by atoms with E-state index < -0.39 is 5.66 Å². The van der Waals surface area contributed by atoms with Crippen LogP contribution in [0, 0.1) is 13.8 Å². The maximum Gasteiger partial charge on any atom is 0.272 e. The molecule has 1 saturated heterocycles. The second-order valence-electron chi connectivity index (χ2n) is 7.55. The number of nitrogens with one attached hydrogen (secondary N) is 1. The van der Waals surface area contributed by atoms with E-state index in [1.54, 1.807) is 12.1 Å². The van der Waals surface area contributed by atoms with Gasteiger partial charge in [0.1, 0.15) is 11.4 Å². The molecule has 1 fully saturated rings. The number of benzene rings is 2. The van der Waals surface area contributed by atoms with Crippen LogP contribution in [-0.2, 0) is 4.79 Å². The van der Waals surface area contributed by atoms with Crippen molar-refractivity contribution in [1.29, 1.82) is 0 Å². The molecule has 1 N–H and O–H groups in total. The number of aliphatic imine (C=N–C) groups is 1. The molecule has 144 valence electrons. The molecule has 28 heavy (non-hydrogen) atoms. The highest BCUT2D eigenvalue weighted by atomic mass is 35.5. The lowest BCUT2D eigenvalue weighted by molar-refractivity contribution is -0.115. The van der Waals surface area contributed by atoms with E-state index in [1.807, 2.05) is 49.1 Å². The molecule has 0 unspecified atom stereocenters. The predicted molar refractivity (Wildman–Crippen MR) is 110 cm³/mol. The molecule has 6 heteroatoms. The molecule has 0 aromatic heterocycles. The van der Waals surface area contributed by atoms with E-state index in [2.05, 4.69) is 5.32 Å². The summed E-state index contributed by atoms with van der Waals surface area (Å²) in [5.74, 6) is -0.155. The normalized spacial score (nSPS) is 18.2. The van der Waals surface area contributed by atoms with Crippen LogP contribution < -0.4 is 5.32 Å². The Morgan fingerprint density at radius 3 is 2.54 bits per heavy atom. The van der Waals surface area contributed by atoms with Gasteiger partial charge in [-0.15, -0.1) is 0 Å². The Hall–Kier alpha value is -2.66. The third-order valence-corrected chi connectivity index (χ3v) is 5.85. The van der Waals surface area contributed by atoms with E-state index in [1.165, 1.54) is 5.56 Å². The predicted octanol–water partition coefficient (Wildman–Crippen LogP) is 3.51. The number of nitrogens with zero attached hydrogens (tertiary/aromatic N) is 2. The fourth-order valence-electron chi connectivity index (χ4n) is 3.77. The molecule has 0 atom stereocenters. The monoisotopic (exact) mass is 395 g/mol. The summed E-state index contributed by atoms with van der Waals surface area (Å²) in [7, 11) is 0. The van der Waals surface area contributed by atoms with Crippen molar-refractivity contribution in [1.82, 2.24) is 10.2 Å². The van der Waals surface area contributed by atoms with Gasteiger partial charge in [0, 0.05) is 42.1 Å². The van der Waals surface area contributed by atoms with Crippen LogP contribution in [0.3, 0.4) is 0 Å². The molecular weight excluding hydrogens is 374 g/mol. The number of hydrogen-bond donors (Lipinski definition) is 1. The van der Waals surface area contributed by atoms with E-state index in [0.29, 0.717) is 42.2 Å². The molecule has 0 saturated carbocycles. The highest BCUT2D eigenvalue weighted by Crippen LogP contribution is 2.30. The SMILES string of the molecule is Cc1ccc(C(=O)N2CCC3(CC2)N=C(c2cccc(Cl)c2)C(=O)N3)cc1C. The van der Waals surface area contributed by atoms with E-state index in [9.17, 15) is 9.59 Å². The zero-order valence-corrected chi connectivity index (χ0v) is 16.7. The Morgan fingerprint density at radius 2 is 1.86 bits per heavy atom. The fourth-order valence-corrected chi connectivity index (χ4v) is 3.96. The molecule has 5 nitrogen and oxygen atoms in total. The summed E-state index contributed by atoms with van der Waals surface area (Å²) in [5, 5.41) is 3.60. The molecule has 2 aromatic carbocycles. The molecule has 4 rings (SSSR count). The zero-order valence-electron chi connectivity index (χ0n) is 16.0. The Bertz CT molecular complexity index is 991. The summed E-state index contributed by atoms with van der Waals surface area (Å²) >= 11 is 6.05. The molecule has 2 aromatic rings. The number of hydrogen-bond acceptors (Lipinski definition) is 3. The number of likely N-dealkylation sites (tertiary alicyclic amines) is 1. The summed E-state index contributed by atoms with van der Waals surface area (Å²) in [6, 6.07) is 13.0. The number of piperidine rings is 1. The van der Waals surface area contributed by atoms with Gasteiger partial charge in [-0.05, 0) is 49.2 Å². The van der Waals surface area contributed by atoms with Crippen LogP contribution in [0.4, 0.5) is 0 Å². The highest BCUT2D eigenvalue weighted by molar-refractivity contribution is 6.47. The Balaban J connectivity index is 1.49. The van der Waals surface area contributed by atoms with Gasteiger partial charge in [0.15, 0.2) is 0 Å². The Kier molecular flexibility index (Phi) is 4.71. The van der Waals surface area contributed by atoms with E-state index in [4.69, 9.17) is 16.6 Å². The minimum absolute atomic E-state index is 0.0290. The summed E-state index contributed by atoms with van der Waals surface area (Å²) in [6.45, 7) is 5.15. The maximum atomic E-state index is 12.8. The van der Waals surface area contributed by atoms with Gasteiger partial charge in [-0.3, -0.25) is 14.6 Å². The molecule has 2 aliphatic heterocycles. The lowest BCUT2D eigenvalue weighted by Crippen LogP contribution is -2.52. The first-order valence-electron chi connectivity index (χ1n) is 9.42. The smallest absolute Gasteiger partial charge is 0.272 e. The van der Waals surface area contributed by atoms with Crippen molar-refractivity contribution < 1.29 is 9.59 Å². The number of rotatable bonds is 2. The van der Waals surface area contributed by atoms with Gasteiger partial charge in [-0.2, -0.15) is 0 Å². The zero-order chi connectivity index (χ0) is 19.9. The minimum Gasteiger partial charge on any atom is -0.338 e. The second-order valence-corrected chi connectivity index (χ2v) is 7.98. The highest BCUT2D eigenvalue weighted by Gasteiger charge is 2.43. The van der Waals surface area contributed by atoms with Crippen LogP contribution in [0.5, 0.6) is 0 Å². The van der Waals surface area contributed by atoms with Crippen LogP contribution in [0.2, 0.25) is 5.02 Å². The van der Waals surface area contributed by atoms with Crippen molar-refractivity contribution in [2.24, 2.45) is 4.99 Å². The van der Waals surface area contributed by atoms with Crippen molar-refractivity contribution in [3.63, 3.8) is 0 Å². The van der Waals surface area contributed by atoms with Gasteiger partial charge in [0.05, 0.1) is 0 Å². The Morgan fingerprint density at radius 1 is 1.11 bits per heavy atom.